The third-order valence-corrected chi connectivity index (χ3v) is 3.98. The minimum Gasteiger partial charge on any atom is -0.312 e. The maximum absolute atomic E-state index is 6.20. The number of hydrogen-bond donors (Lipinski definition) is 0. The lowest BCUT2D eigenvalue weighted by Gasteiger charge is -2.22. The Hall–Kier alpha value is -1.35. The first kappa shape index (κ1) is 11.7. The van der Waals surface area contributed by atoms with Crippen LogP contribution in [0.25, 0.3) is 0 Å². The number of nitrogens with zero attached hydrogens (tertiary/aromatic N) is 3. The minimum atomic E-state index is 0.501. The zero-order valence-corrected chi connectivity index (χ0v) is 11.2. The van der Waals surface area contributed by atoms with Crippen molar-refractivity contribution in [3.8, 4) is 0 Å². The molecule has 0 aliphatic carbocycles. The van der Waals surface area contributed by atoms with E-state index in [0.29, 0.717) is 6.04 Å². The minimum absolute atomic E-state index is 0.501. The first-order chi connectivity index (χ1) is 8.75. The van der Waals surface area contributed by atoms with Crippen LogP contribution in [-0.2, 0) is 12.8 Å². The number of benzene rings is 1. The van der Waals surface area contributed by atoms with E-state index in [0.717, 1.165) is 35.1 Å². The summed E-state index contributed by atoms with van der Waals surface area (Å²) in [4.78, 5) is 0. The summed E-state index contributed by atoms with van der Waals surface area (Å²) in [5.74, 6) is 2.15. The van der Waals surface area contributed by atoms with Crippen molar-refractivity contribution in [1.29, 1.82) is 0 Å². The predicted octanol–water partition coefficient (Wildman–Crippen LogP) is 3.42. The molecule has 94 valence electrons. The zero-order valence-electron chi connectivity index (χ0n) is 10.4. The molecule has 0 N–H and O–H groups in total. The second-order valence-corrected chi connectivity index (χ2v) is 5.32. The van der Waals surface area contributed by atoms with Crippen molar-refractivity contribution < 1.29 is 0 Å². The molecule has 1 aromatic heterocycles. The quantitative estimate of drug-likeness (QED) is 0.829. The summed E-state index contributed by atoms with van der Waals surface area (Å²) in [5.41, 5.74) is 1.12. The molecule has 1 unspecified atom stereocenters. The van der Waals surface area contributed by atoms with Crippen LogP contribution in [0.15, 0.2) is 24.3 Å². The van der Waals surface area contributed by atoms with Crippen LogP contribution < -0.4 is 0 Å². The predicted molar refractivity (Wildman–Crippen MR) is 71.9 cm³/mol. The van der Waals surface area contributed by atoms with Crippen LogP contribution >= 0.6 is 11.6 Å². The van der Waals surface area contributed by atoms with Crippen LogP contribution in [0.1, 0.15) is 43.0 Å². The summed E-state index contributed by atoms with van der Waals surface area (Å²) in [6, 6.07) is 8.44. The molecule has 1 aliphatic heterocycles. The summed E-state index contributed by atoms with van der Waals surface area (Å²) in [6.45, 7) is 2.24. The van der Waals surface area contributed by atoms with Crippen LogP contribution in [-0.4, -0.2) is 14.8 Å². The van der Waals surface area contributed by atoms with Crippen molar-refractivity contribution in [2.45, 2.75) is 38.6 Å². The largest absolute Gasteiger partial charge is 0.312 e. The third kappa shape index (κ3) is 2.03. The molecule has 0 spiro atoms. The van der Waals surface area contributed by atoms with Crippen LogP contribution in [0.5, 0.6) is 0 Å². The Kier molecular flexibility index (Phi) is 3.08. The molecule has 0 saturated carbocycles. The zero-order chi connectivity index (χ0) is 12.5. The van der Waals surface area contributed by atoms with Crippen molar-refractivity contribution >= 4 is 11.6 Å². The van der Waals surface area contributed by atoms with E-state index in [1.165, 1.54) is 12.8 Å². The van der Waals surface area contributed by atoms with Gasteiger partial charge in [0.15, 0.2) is 0 Å². The number of aryl methyl sites for hydroxylation is 1. The number of hydrogen-bond acceptors (Lipinski definition) is 2. The van der Waals surface area contributed by atoms with Crippen molar-refractivity contribution in [3.63, 3.8) is 0 Å². The number of fused-ring (bicyclic) bond motifs is 1. The lowest BCUT2D eigenvalue weighted by atomic mass is 10.0. The van der Waals surface area contributed by atoms with Gasteiger partial charge in [0.2, 0.25) is 0 Å². The molecule has 1 aromatic carbocycles. The summed E-state index contributed by atoms with van der Waals surface area (Å²) in [5, 5.41) is 9.45. The van der Waals surface area contributed by atoms with Crippen LogP contribution in [0.2, 0.25) is 5.02 Å². The molecule has 2 aromatic rings. The van der Waals surface area contributed by atoms with Crippen molar-refractivity contribution in [1.82, 2.24) is 14.8 Å². The first-order valence-corrected chi connectivity index (χ1v) is 6.79. The van der Waals surface area contributed by atoms with Gasteiger partial charge < -0.3 is 4.57 Å². The van der Waals surface area contributed by atoms with Crippen molar-refractivity contribution in [2.75, 3.05) is 0 Å². The first-order valence-electron chi connectivity index (χ1n) is 6.42. The molecular formula is C14H16ClN3. The highest BCUT2D eigenvalue weighted by atomic mass is 35.5. The van der Waals surface area contributed by atoms with E-state index in [9.17, 15) is 0 Å². The Morgan fingerprint density at radius 1 is 1.33 bits per heavy atom. The van der Waals surface area contributed by atoms with Gasteiger partial charge in [-0.05, 0) is 31.4 Å². The highest BCUT2D eigenvalue weighted by Crippen LogP contribution is 2.26. The number of rotatable bonds is 2. The second kappa shape index (κ2) is 4.73. The fourth-order valence-corrected chi connectivity index (χ4v) is 2.86. The highest BCUT2D eigenvalue weighted by Gasteiger charge is 2.21. The molecule has 2 heterocycles. The molecule has 0 radical (unpaired) electrons. The topological polar surface area (TPSA) is 30.7 Å². The summed E-state index contributed by atoms with van der Waals surface area (Å²) in [6.07, 6.45) is 4.23. The van der Waals surface area contributed by atoms with Gasteiger partial charge in [-0.3, -0.25) is 0 Å². The Morgan fingerprint density at radius 2 is 2.17 bits per heavy atom. The summed E-state index contributed by atoms with van der Waals surface area (Å²) in [7, 11) is 0. The van der Waals surface area contributed by atoms with Gasteiger partial charge >= 0.3 is 0 Å². The van der Waals surface area contributed by atoms with E-state index in [4.69, 9.17) is 11.6 Å². The molecule has 0 fully saturated rings. The molecule has 18 heavy (non-hydrogen) atoms. The van der Waals surface area contributed by atoms with Gasteiger partial charge in [0.25, 0.3) is 0 Å². The van der Waals surface area contributed by atoms with Gasteiger partial charge in [-0.1, -0.05) is 29.8 Å². The molecule has 0 amide bonds. The van der Waals surface area contributed by atoms with E-state index in [2.05, 4.69) is 27.8 Å². The van der Waals surface area contributed by atoms with E-state index < -0.39 is 0 Å². The molecular weight excluding hydrogens is 246 g/mol. The van der Waals surface area contributed by atoms with Gasteiger partial charge in [0.1, 0.15) is 11.6 Å². The van der Waals surface area contributed by atoms with Crippen LogP contribution in [0.4, 0.5) is 0 Å². The fraction of sp³-hybridized carbons (Fsp3) is 0.429. The standard InChI is InChI=1S/C14H16ClN3/c1-10-5-4-8-13-16-17-14(18(10)13)9-11-6-2-3-7-12(11)15/h2-3,6-7,10H,4-5,8-9H2,1H3. The lowest BCUT2D eigenvalue weighted by Crippen LogP contribution is -2.17. The Balaban J connectivity index is 1.95. The van der Waals surface area contributed by atoms with Gasteiger partial charge in [0.05, 0.1) is 0 Å². The van der Waals surface area contributed by atoms with Crippen LogP contribution in [0, 0.1) is 0 Å². The average molecular weight is 262 g/mol. The molecule has 0 bridgehead atoms. The van der Waals surface area contributed by atoms with Crippen molar-refractivity contribution in [3.05, 3.63) is 46.5 Å². The highest BCUT2D eigenvalue weighted by molar-refractivity contribution is 6.31. The van der Waals surface area contributed by atoms with E-state index in [-0.39, 0.29) is 0 Å². The van der Waals surface area contributed by atoms with Gasteiger partial charge in [-0.2, -0.15) is 0 Å². The average Bonchev–Trinajstić information content (AvgIpc) is 2.77. The van der Waals surface area contributed by atoms with E-state index in [1.807, 2.05) is 18.2 Å². The third-order valence-electron chi connectivity index (χ3n) is 3.61. The number of halogens is 1. The molecule has 1 aliphatic rings. The monoisotopic (exact) mass is 261 g/mol. The van der Waals surface area contributed by atoms with Crippen molar-refractivity contribution in [2.24, 2.45) is 0 Å². The molecule has 4 heteroatoms. The second-order valence-electron chi connectivity index (χ2n) is 4.91. The summed E-state index contributed by atoms with van der Waals surface area (Å²) >= 11 is 6.20. The Morgan fingerprint density at radius 3 is 3.00 bits per heavy atom. The Bertz CT molecular complexity index is 562. The smallest absolute Gasteiger partial charge is 0.137 e. The maximum atomic E-state index is 6.20. The number of aromatic nitrogens is 3. The molecule has 3 rings (SSSR count). The van der Waals surface area contributed by atoms with Gasteiger partial charge in [-0.15, -0.1) is 10.2 Å². The van der Waals surface area contributed by atoms with Crippen LogP contribution in [0.3, 0.4) is 0 Å². The van der Waals surface area contributed by atoms with E-state index in [1.54, 1.807) is 0 Å². The molecule has 3 nitrogen and oxygen atoms in total. The molecule has 0 saturated heterocycles. The van der Waals surface area contributed by atoms with Gasteiger partial charge in [0, 0.05) is 23.9 Å². The molecule has 1 atom stereocenters. The fourth-order valence-electron chi connectivity index (χ4n) is 2.66. The SMILES string of the molecule is CC1CCCc2nnc(Cc3ccccc3Cl)n21. The Labute approximate surface area is 112 Å². The van der Waals surface area contributed by atoms with E-state index >= 15 is 0 Å². The maximum Gasteiger partial charge on any atom is 0.137 e. The van der Waals surface area contributed by atoms with Gasteiger partial charge in [-0.25, -0.2) is 0 Å². The lowest BCUT2D eigenvalue weighted by molar-refractivity contribution is 0.416. The normalized spacial score (nSPS) is 18.7. The summed E-state index contributed by atoms with van der Waals surface area (Å²) < 4.78 is 2.28.